The first-order chi connectivity index (χ1) is 9.87. The van der Waals surface area contributed by atoms with Crippen molar-refractivity contribution in [2.45, 2.75) is 38.8 Å². The summed E-state index contributed by atoms with van der Waals surface area (Å²) in [6.45, 7) is 4.56. The lowest BCUT2D eigenvalue weighted by Crippen LogP contribution is -2.48. The molecule has 0 amide bonds. The summed E-state index contributed by atoms with van der Waals surface area (Å²) in [6.07, 6.45) is 1.37. The maximum absolute atomic E-state index is 12.1. The van der Waals surface area contributed by atoms with Crippen LogP contribution in [0, 0.1) is 0 Å². The van der Waals surface area contributed by atoms with E-state index >= 15 is 0 Å². The highest BCUT2D eigenvalue weighted by molar-refractivity contribution is 7.87. The summed E-state index contributed by atoms with van der Waals surface area (Å²) in [5.41, 5.74) is 0. The highest BCUT2D eigenvalue weighted by Crippen LogP contribution is 2.22. The second-order valence-corrected chi connectivity index (χ2v) is 7.59. The van der Waals surface area contributed by atoms with Gasteiger partial charge in [-0.25, -0.2) is 0 Å². The molecule has 5 nitrogen and oxygen atoms in total. The number of halogens is 1. The van der Waals surface area contributed by atoms with Gasteiger partial charge in [0, 0.05) is 24.2 Å². The minimum Gasteiger partial charge on any atom is -0.490 e. The quantitative estimate of drug-likeness (QED) is 0.901. The molecule has 0 spiro atoms. The molecule has 0 aromatic heterocycles. The van der Waals surface area contributed by atoms with E-state index in [-0.39, 0.29) is 12.1 Å². The minimum atomic E-state index is -3.38. The molecule has 7 heteroatoms. The van der Waals surface area contributed by atoms with Crippen molar-refractivity contribution >= 4 is 21.8 Å². The molecule has 1 fully saturated rings. The molecular formula is C14H21ClN2O3S. The van der Waals surface area contributed by atoms with Gasteiger partial charge in [0.05, 0.1) is 0 Å². The van der Waals surface area contributed by atoms with Gasteiger partial charge in [-0.15, -0.1) is 0 Å². The van der Waals surface area contributed by atoms with Crippen molar-refractivity contribution in [3.05, 3.63) is 29.3 Å². The molecule has 0 unspecified atom stereocenters. The van der Waals surface area contributed by atoms with E-state index in [1.54, 1.807) is 12.1 Å². The second kappa shape index (κ2) is 6.96. The Labute approximate surface area is 131 Å². The van der Waals surface area contributed by atoms with Crippen molar-refractivity contribution in [3.63, 3.8) is 0 Å². The number of hydrogen-bond acceptors (Lipinski definition) is 3. The maximum atomic E-state index is 12.1. The number of hydrogen-bond donors (Lipinski definition) is 1. The molecule has 0 atom stereocenters. The Morgan fingerprint density at radius 1 is 1.33 bits per heavy atom. The molecule has 0 radical (unpaired) electrons. The van der Waals surface area contributed by atoms with Crippen LogP contribution in [0.15, 0.2) is 24.3 Å². The minimum absolute atomic E-state index is 0.0222. The summed E-state index contributed by atoms with van der Waals surface area (Å²) in [5.74, 6) is 0.726. The number of rotatable bonds is 5. The number of nitrogens with one attached hydrogen (secondary N) is 1. The summed E-state index contributed by atoms with van der Waals surface area (Å²) < 4.78 is 34.1. The lowest BCUT2D eigenvalue weighted by Gasteiger charge is -2.31. The number of ether oxygens (including phenoxy) is 1. The Morgan fingerprint density at radius 3 is 2.57 bits per heavy atom. The number of nitrogens with zero attached hydrogens (tertiary/aromatic N) is 1. The Kier molecular flexibility index (Phi) is 5.48. The zero-order chi connectivity index (χ0) is 15.5. The SMILES string of the molecule is CC(C)NS(=O)(=O)N1CCC(Oc2cccc(Cl)c2)CC1. The van der Waals surface area contributed by atoms with Crippen LogP contribution in [0.4, 0.5) is 0 Å². The number of piperidine rings is 1. The summed E-state index contributed by atoms with van der Waals surface area (Å²) in [4.78, 5) is 0. The van der Waals surface area contributed by atoms with Gasteiger partial charge < -0.3 is 4.74 Å². The van der Waals surface area contributed by atoms with E-state index in [1.165, 1.54) is 4.31 Å². The van der Waals surface area contributed by atoms with Gasteiger partial charge in [0.25, 0.3) is 10.2 Å². The molecule has 0 saturated carbocycles. The smallest absolute Gasteiger partial charge is 0.279 e. The summed E-state index contributed by atoms with van der Waals surface area (Å²) in [6, 6.07) is 7.15. The third-order valence-corrected chi connectivity index (χ3v) is 5.27. The molecule has 1 saturated heterocycles. The molecule has 1 N–H and O–H groups in total. The zero-order valence-corrected chi connectivity index (χ0v) is 13.8. The third-order valence-electron chi connectivity index (χ3n) is 3.22. The van der Waals surface area contributed by atoms with E-state index in [9.17, 15) is 8.42 Å². The molecule has 0 bridgehead atoms. The fourth-order valence-corrected chi connectivity index (χ4v) is 3.91. The average molecular weight is 333 g/mol. The van der Waals surface area contributed by atoms with Gasteiger partial charge in [0.2, 0.25) is 0 Å². The summed E-state index contributed by atoms with van der Waals surface area (Å²) in [5, 5.41) is 0.633. The molecule has 0 aliphatic carbocycles. The standard InChI is InChI=1S/C14H21ClN2O3S/c1-11(2)16-21(18,19)17-8-6-13(7-9-17)20-14-5-3-4-12(15)10-14/h3-5,10-11,13,16H,6-9H2,1-2H3. The first-order valence-corrected chi connectivity index (χ1v) is 8.88. The first-order valence-electron chi connectivity index (χ1n) is 7.06. The number of benzene rings is 1. The predicted molar refractivity (Wildman–Crippen MR) is 83.9 cm³/mol. The Balaban J connectivity index is 1.89. The van der Waals surface area contributed by atoms with Crippen LogP contribution in [0.1, 0.15) is 26.7 Å². The first kappa shape index (κ1) is 16.5. The molecule has 1 heterocycles. The van der Waals surface area contributed by atoms with Gasteiger partial charge in [-0.1, -0.05) is 17.7 Å². The van der Waals surface area contributed by atoms with Crippen LogP contribution < -0.4 is 9.46 Å². The second-order valence-electron chi connectivity index (χ2n) is 5.45. The van der Waals surface area contributed by atoms with Crippen LogP contribution in [0.2, 0.25) is 5.02 Å². The van der Waals surface area contributed by atoms with E-state index in [4.69, 9.17) is 16.3 Å². The third kappa shape index (κ3) is 4.85. The predicted octanol–water partition coefficient (Wildman–Crippen LogP) is 2.43. The van der Waals surface area contributed by atoms with Crippen LogP contribution in [-0.2, 0) is 10.2 Å². The van der Waals surface area contributed by atoms with E-state index in [0.29, 0.717) is 31.0 Å². The van der Waals surface area contributed by atoms with E-state index < -0.39 is 10.2 Å². The molecule has 1 aliphatic heterocycles. The van der Waals surface area contributed by atoms with Gasteiger partial charge >= 0.3 is 0 Å². The van der Waals surface area contributed by atoms with Crippen molar-refractivity contribution in [1.29, 1.82) is 0 Å². The van der Waals surface area contributed by atoms with E-state index in [0.717, 1.165) is 5.75 Å². The summed E-state index contributed by atoms with van der Waals surface area (Å²) in [7, 11) is -3.38. The van der Waals surface area contributed by atoms with Gasteiger partial charge in [-0.3, -0.25) is 0 Å². The van der Waals surface area contributed by atoms with Crippen molar-refractivity contribution in [2.75, 3.05) is 13.1 Å². The molecule has 118 valence electrons. The lowest BCUT2D eigenvalue weighted by atomic mass is 10.1. The van der Waals surface area contributed by atoms with E-state index in [2.05, 4.69) is 4.72 Å². The topological polar surface area (TPSA) is 58.6 Å². The molecule has 1 aromatic carbocycles. The molecule has 1 aromatic rings. The summed E-state index contributed by atoms with van der Waals surface area (Å²) >= 11 is 5.92. The van der Waals surface area contributed by atoms with Crippen LogP contribution in [0.25, 0.3) is 0 Å². The van der Waals surface area contributed by atoms with Crippen LogP contribution in [0.5, 0.6) is 5.75 Å². The Bertz CT molecular complexity index is 569. The largest absolute Gasteiger partial charge is 0.490 e. The fraction of sp³-hybridized carbons (Fsp3) is 0.571. The molecule has 21 heavy (non-hydrogen) atoms. The van der Waals surface area contributed by atoms with Crippen molar-refractivity contribution in [2.24, 2.45) is 0 Å². The lowest BCUT2D eigenvalue weighted by molar-refractivity contribution is 0.134. The molecule has 1 aliphatic rings. The van der Waals surface area contributed by atoms with Crippen molar-refractivity contribution < 1.29 is 13.2 Å². The molecule has 2 rings (SSSR count). The van der Waals surface area contributed by atoms with Crippen molar-refractivity contribution in [3.8, 4) is 5.75 Å². The van der Waals surface area contributed by atoms with Crippen LogP contribution in [0.3, 0.4) is 0 Å². The van der Waals surface area contributed by atoms with Gasteiger partial charge in [0.15, 0.2) is 0 Å². The van der Waals surface area contributed by atoms with Gasteiger partial charge in [-0.2, -0.15) is 17.4 Å². The fourth-order valence-electron chi connectivity index (χ4n) is 2.30. The monoisotopic (exact) mass is 332 g/mol. The zero-order valence-electron chi connectivity index (χ0n) is 12.3. The van der Waals surface area contributed by atoms with Crippen LogP contribution in [-0.4, -0.2) is 38.0 Å². The van der Waals surface area contributed by atoms with Crippen LogP contribution >= 0.6 is 11.6 Å². The normalized spacial score (nSPS) is 18.1. The highest BCUT2D eigenvalue weighted by atomic mass is 35.5. The highest BCUT2D eigenvalue weighted by Gasteiger charge is 2.29. The van der Waals surface area contributed by atoms with Gasteiger partial charge in [0.1, 0.15) is 11.9 Å². The maximum Gasteiger partial charge on any atom is 0.279 e. The van der Waals surface area contributed by atoms with E-state index in [1.807, 2.05) is 26.0 Å². The average Bonchev–Trinajstić information content (AvgIpc) is 2.38. The Hall–Kier alpha value is -0.820. The Morgan fingerprint density at radius 2 is 2.00 bits per heavy atom. The van der Waals surface area contributed by atoms with Gasteiger partial charge in [-0.05, 0) is 44.9 Å². The van der Waals surface area contributed by atoms with Crippen molar-refractivity contribution in [1.82, 2.24) is 9.03 Å². The molecular weight excluding hydrogens is 312 g/mol.